The highest BCUT2D eigenvalue weighted by atomic mass is 16.1. The summed E-state index contributed by atoms with van der Waals surface area (Å²) in [7, 11) is 0. The largest absolute Gasteiger partial charge is 0.357 e. The number of fused-ring (bicyclic) bond motifs is 1. The van der Waals surface area contributed by atoms with Crippen molar-refractivity contribution in [3.05, 3.63) is 23.4 Å². The fourth-order valence-corrected chi connectivity index (χ4v) is 3.10. The normalized spacial score (nSPS) is 19.9. The first-order valence-electron chi connectivity index (χ1n) is 6.98. The second kappa shape index (κ2) is 4.71. The van der Waals surface area contributed by atoms with E-state index in [0.29, 0.717) is 5.78 Å². The standard InChI is InChI=1S/C15H20N2O/c1-11(18)12-7-9-17(10-8-12)15-6-5-13-3-2-4-14(13)16-15/h5-6,12H,2-4,7-10H2,1H3. The van der Waals surface area contributed by atoms with Gasteiger partial charge in [-0.3, -0.25) is 4.79 Å². The fraction of sp³-hybridized carbons (Fsp3) is 0.600. The number of aryl methyl sites for hydroxylation is 2. The number of nitrogens with zero attached hydrogens (tertiary/aromatic N) is 2. The molecule has 0 unspecified atom stereocenters. The lowest BCUT2D eigenvalue weighted by Gasteiger charge is -2.32. The lowest BCUT2D eigenvalue weighted by molar-refractivity contribution is -0.121. The molecule has 0 aromatic carbocycles. The van der Waals surface area contributed by atoms with Crippen LogP contribution in [-0.2, 0) is 17.6 Å². The minimum Gasteiger partial charge on any atom is -0.357 e. The first-order chi connectivity index (χ1) is 8.74. The van der Waals surface area contributed by atoms with E-state index in [1.165, 1.54) is 24.1 Å². The molecule has 0 spiro atoms. The molecule has 0 atom stereocenters. The minimum atomic E-state index is 0.274. The second-order valence-electron chi connectivity index (χ2n) is 5.50. The van der Waals surface area contributed by atoms with Crippen LogP contribution in [0.5, 0.6) is 0 Å². The van der Waals surface area contributed by atoms with Gasteiger partial charge in [-0.1, -0.05) is 6.07 Å². The smallest absolute Gasteiger partial charge is 0.133 e. The van der Waals surface area contributed by atoms with Gasteiger partial charge in [0.2, 0.25) is 0 Å². The number of piperidine rings is 1. The topological polar surface area (TPSA) is 33.2 Å². The predicted octanol–water partition coefficient (Wildman–Crippen LogP) is 2.38. The number of hydrogen-bond acceptors (Lipinski definition) is 3. The number of ketones is 1. The summed E-state index contributed by atoms with van der Waals surface area (Å²) in [5.74, 6) is 1.73. The number of carbonyl (C=O) groups excluding carboxylic acids is 1. The Morgan fingerprint density at radius 3 is 2.78 bits per heavy atom. The number of hydrogen-bond donors (Lipinski definition) is 0. The van der Waals surface area contributed by atoms with Gasteiger partial charge < -0.3 is 4.90 Å². The van der Waals surface area contributed by atoms with E-state index >= 15 is 0 Å². The van der Waals surface area contributed by atoms with Crippen molar-refractivity contribution in [2.45, 2.75) is 39.0 Å². The molecule has 0 saturated carbocycles. The highest BCUT2D eigenvalue weighted by Crippen LogP contribution is 2.26. The molecule has 18 heavy (non-hydrogen) atoms. The van der Waals surface area contributed by atoms with E-state index in [1.54, 1.807) is 6.92 Å². The van der Waals surface area contributed by atoms with E-state index in [-0.39, 0.29) is 5.92 Å². The summed E-state index contributed by atoms with van der Waals surface area (Å²) in [4.78, 5) is 18.5. The van der Waals surface area contributed by atoms with E-state index in [0.717, 1.165) is 38.2 Å². The Balaban J connectivity index is 1.71. The maximum atomic E-state index is 11.4. The quantitative estimate of drug-likeness (QED) is 0.801. The zero-order chi connectivity index (χ0) is 12.5. The molecule has 96 valence electrons. The van der Waals surface area contributed by atoms with Gasteiger partial charge in [-0.05, 0) is 50.7 Å². The summed E-state index contributed by atoms with van der Waals surface area (Å²) in [5, 5.41) is 0. The number of anilines is 1. The Morgan fingerprint density at radius 2 is 2.06 bits per heavy atom. The number of carbonyl (C=O) groups is 1. The molecule has 2 aliphatic rings. The van der Waals surface area contributed by atoms with Crippen LogP contribution in [0.25, 0.3) is 0 Å². The van der Waals surface area contributed by atoms with Gasteiger partial charge in [0.25, 0.3) is 0 Å². The molecule has 0 N–H and O–H groups in total. The molecule has 0 bridgehead atoms. The average Bonchev–Trinajstić information content (AvgIpc) is 2.86. The van der Waals surface area contributed by atoms with Gasteiger partial charge in [0.15, 0.2) is 0 Å². The number of rotatable bonds is 2. The van der Waals surface area contributed by atoms with Gasteiger partial charge >= 0.3 is 0 Å². The maximum absolute atomic E-state index is 11.4. The highest BCUT2D eigenvalue weighted by molar-refractivity contribution is 5.78. The lowest BCUT2D eigenvalue weighted by atomic mass is 9.93. The van der Waals surface area contributed by atoms with E-state index in [9.17, 15) is 4.79 Å². The van der Waals surface area contributed by atoms with Crippen molar-refractivity contribution in [2.75, 3.05) is 18.0 Å². The predicted molar refractivity (Wildman–Crippen MR) is 71.9 cm³/mol. The number of pyridine rings is 1. The van der Waals surface area contributed by atoms with Crippen molar-refractivity contribution in [3.63, 3.8) is 0 Å². The first kappa shape index (κ1) is 11.7. The van der Waals surface area contributed by atoms with Crippen molar-refractivity contribution in [3.8, 4) is 0 Å². The molecule has 3 heteroatoms. The summed E-state index contributed by atoms with van der Waals surface area (Å²) >= 11 is 0. The number of Topliss-reactive ketones (excluding diaryl/α,β-unsaturated/α-hetero) is 1. The molecule has 1 saturated heterocycles. The molecule has 3 rings (SSSR count). The Kier molecular flexibility index (Phi) is 3.06. The van der Waals surface area contributed by atoms with Crippen molar-refractivity contribution in [1.29, 1.82) is 0 Å². The summed E-state index contributed by atoms with van der Waals surface area (Å²) in [6, 6.07) is 4.39. The van der Waals surface area contributed by atoms with Gasteiger partial charge in [0.1, 0.15) is 11.6 Å². The third-order valence-electron chi connectivity index (χ3n) is 4.31. The van der Waals surface area contributed by atoms with E-state index in [1.807, 2.05) is 0 Å². The number of aromatic nitrogens is 1. The Morgan fingerprint density at radius 1 is 1.28 bits per heavy atom. The second-order valence-corrected chi connectivity index (χ2v) is 5.50. The molecule has 1 aromatic rings. The average molecular weight is 244 g/mol. The van der Waals surface area contributed by atoms with Crippen LogP contribution in [0.15, 0.2) is 12.1 Å². The third kappa shape index (κ3) is 2.14. The van der Waals surface area contributed by atoms with Crippen LogP contribution >= 0.6 is 0 Å². The summed E-state index contributed by atoms with van der Waals surface area (Å²) in [6.45, 7) is 3.65. The zero-order valence-electron chi connectivity index (χ0n) is 11.0. The van der Waals surface area contributed by atoms with E-state index < -0.39 is 0 Å². The minimum absolute atomic E-state index is 0.274. The molecule has 0 radical (unpaired) electrons. The summed E-state index contributed by atoms with van der Waals surface area (Å²) in [5.41, 5.74) is 2.72. The highest BCUT2D eigenvalue weighted by Gasteiger charge is 2.23. The molecular weight excluding hydrogens is 224 g/mol. The Bertz CT molecular complexity index is 462. The zero-order valence-corrected chi connectivity index (χ0v) is 11.0. The van der Waals surface area contributed by atoms with Crippen molar-refractivity contribution in [1.82, 2.24) is 4.98 Å². The van der Waals surface area contributed by atoms with Crippen LogP contribution in [-0.4, -0.2) is 23.9 Å². The van der Waals surface area contributed by atoms with Gasteiger partial charge in [0, 0.05) is 24.7 Å². The first-order valence-corrected chi connectivity index (χ1v) is 6.98. The third-order valence-corrected chi connectivity index (χ3v) is 4.31. The molecule has 3 nitrogen and oxygen atoms in total. The molecule has 1 aliphatic carbocycles. The van der Waals surface area contributed by atoms with Crippen LogP contribution in [0.4, 0.5) is 5.82 Å². The molecule has 1 aromatic heterocycles. The van der Waals surface area contributed by atoms with Crippen LogP contribution in [0.3, 0.4) is 0 Å². The molecule has 1 fully saturated rings. The SMILES string of the molecule is CC(=O)C1CCN(c2ccc3c(n2)CCC3)CC1. The molecule has 0 amide bonds. The van der Waals surface area contributed by atoms with Crippen LogP contribution < -0.4 is 4.90 Å². The van der Waals surface area contributed by atoms with E-state index in [2.05, 4.69) is 17.0 Å². The molecule has 1 aliphatic heterocycles. The van der Waals surface area contributed by atoms with Crippen molar-refractivity contribution >= 4 is 11.6 Å². The Labute approximate surface area is 108 Å². The summed E-state index contributed by atoms with van der Waals surface area (Å²) < 4.78 is 0. The van der Waals surface area contributed by atoms with E-state index in [4.69, 9.17) is 4.98 Å². The molecule has 2 heterocycles. The van der Waals surface area contributed by atoms with Gasteiger partial charge in [-0.15, -0.1) is 0 Å². The van der Waals surface area contributed by atoms with Gasteiger partial charge in [0.05, 0.1) is 0 Å². The summed E-state index contributed by atoms with van der Waals surface area (Å²) in [6.07, 6.45) is 5.53. The monoisotopic (exact) mass is 244 g/mol. The van der Waals surface area contributed by atoms with Crippen LogP contribution in [0.1, 0.15) is 37.4 Å². The van der Waals surface area contributed by atoms with Gasteiger partial charge in [-0.2, -0.15) is 0 Å². The van der Waals surface area contributed by atoms with Gasteiger partial charge in [-0.25, -0.2) is 4.98 Å². The van der Waals surface area contributed by atoms with Crippen molar-refractivity contribution < 1.29 is 4.79 Å². The van der Waals surface area contributed by atoms with Crippen LogP contribution in [0, 0.1) is 5.92 Å². The van der Waals surface area contributed by atoms with Crippen molar-refractivity contribution in [2.24, 2.45) is 5.92 Å². The Hall–Kier alpha value is -1.38. The van der Waals surface area contributed by atoms with Crippen LogP contribution in [0.2, 0.25) is 0 Å². The fourth-order valence-electron chi connectivity index (χ4n) is 3.10. The lowest BCUT2D eigenvalue weighted by Crippen LogP contribution is -2.36. The molecular formula is C15H20N2O. The maximum Gasteiger partial charge on any atom is 0.133 e.